The lowest BCUT2D eigenvalue weighted by Crippen LogP contribution is -2.22. The molecule has 4 heterocycles. The quantitative estimate of drug-likeness (QED) is 0.168. The lowest BCUT2D eigenvalue weighted by atomic mass is 10.1. The summed E-state index contributed by atoms with van der Waals surface area (Å²) in [5.74, 6) is 0.712. The predicted molar refractivity (Wildman–Crippen MR) is 218 cm³/mol. The molecule has 0 radical (unpaired) electrons. The standard InChI is InChI=1S/C21H15BrN4O2.C20H12BrN3O3/c1-26-19(13-8-10-14(22)11-9-13)25-18-15(5-4-6-16(18)21(26)28)20(27)24-17-7-2-3-12-23-17;21-13-9-7-12(8-10-13)19-24-17-14(4-3-5-15(17)20(26)27-19)18(25)23-16-6-1-2-11-22-16/h2-12H,1H3,(H,23,24,27);1-11H,(H,22,23,25). The molecule has 0 saturated heterocycles. The fourth-order valence-electron chi connectivity index (χ4n) is 5.57. The minimum absolute atomic E-state index is 0.151. The third kappa shape index (κ3) is 8.15. The van der Waals surface area contributed by atoms with Gasteiger partial charge in [-0.25, -0.2) is 24.7 Å². The highest BCUT2D eigenvalue weighted by molar-refractivity contribution is 9.10. The van der Waals surface area contributed by atoms with Crippen molar-refractivity contribution >= 4 is 77.1 Å². The number of fused-ring (bicyclic) bond motifs is 2. The molecule has 8 aromatic rings. The van der Waals surface area contributed by atoms with Gasteiger partial charge in [-0.2, -0.15) is 0 Å². The van der Waals surface area contributed by atoms with E-state index in [0.29, 0.717) is 39.5 Å². The molecule has 0 bridgehead atoms. The summed E-state index contributed by atoms with van der Waals surface area (Å²) in [5.41, 5.74) is 1.88. The number of benzene rings is 4. The summed E-state index contributed by atoms with van der Waals surface area (Å²) in [6, 6.07) is 35.0. The monoisotopic (exact) mass is 855 g/mol. The fraction of sp³-hybridized carbons (Fsp3) is 0.0244. The van der Waals surface area contributed by atoms with Crippen LogP contribution in [-0.2, 0) is 7.05 Å². The number of rotatable bonds is 6. The van der Waals surface area contributed by atoms with Crippen LogP contribution < -0.4 is 21.8 Å². The first-order valence-electron chi connectivity index (χ1n) is 16.6. The summed E-state index contributed by atoms with van der Waals surface area (Å²) < 4.78 is 8.66. The molecular weight excluding hydrogens is 830 g/mol. The minimum Gasteiger partial charge on any atom is -0.403 e. The van der Waals surface area contributed by atoms with Crippen LogP contribution >= 0.6 is 31.9 Å². The number of hydrogen-bond donors (Lipinski definition) is 2. The van der Waals surface area contributed by atoms with Crippen molar-refractivity contribution < 1.29 is 14.0 Å². The lowest BCUT2D eigenvalue weighted by Gasteiger charge is -2.12. The number of nitrogens with zero attached hydrogens (tertiary/aromatic N) is 5. The summed E-state index contributed by atoms with van der Waals surface area (Å²) >= 11 is 6.77. The van der Waals surface area contributed by atoms with Gasteiger partial charge in [0, 0.05) is 39.5 Å². The molecule has 8 rings (SSSR count). The average Bonchev–Trinajstić information content (AvgIpc) is 3.20. The van der Waals surface area contributed by atoms with E-state index < -0.39 is 11.5 Å². The number of carbonyl (C=O) groups excluding carboxylic acids is 2. The van der Waals surface area contributed by atoms with Gasteiger partial charge in [-0.15, -0.1) is 0 Å². The first-order chi connectivity index (χ1) is 26.7. The molecule has 0 unspecified atom stereocenters. The Kier molecular flexibility index (Phi) is 10.8. The zero-order valence-electron chi connectivity index (χ0n) is 28.7. The van der Waals surface area contributed by atoms with E-state index in [-0.39, 0.29) is 33.8 Å². The third-order valence-electron chi connectivity index (χ3n) is 8.26. The fourth-order valence-corrected chi connectivity index (χ4v) is 6.10. The van der Waals surface area contributed by atoms with Crippen molar-refractivity contribution in [2.24, 2.45) is 7.05 Å². The summed E-state index contributed by atoms with van der Waals surface area (Å²) in [4.78, 5) is 68.1. The Labute approximate surface area is 329 Å². The summed E-state index contributed by atoms with van der Waals surface area (Å²) in [6.07, 6.45) is 3.18. The minimum atomic E-state index is -0.551. The lowest BCUT2D eigenvalue weighted by molar-refractivity contribution is 0.101. The van der Waals surface area contributed by atoms with Gasteiger partial charge >= 0.3 is 5.63 Å². The van der Waals surface area contributed by atoms with Gasteiger partial charge in [-0.3, -0.25) is 19.0 Å². The van der Waals surface area contributed by atoms with Gasteiger partial charge in [-0.05, 0) is 84.9 Å². The molecule has 4 aromatic carbocycles. The molecule has 0 saturated carbocycles. The molecule has 4 aromatic heterocycles. The molecule has 14 heteroatoms. The van der Waals surface area contributed by atoms with Crippen molar-refractivity contribution in [1.29, 1.82) is 0 Å². The van der Waals surface area contributed by atoms with Crippen LogP contribution in [0.2, 0.25) is 0 Å². The second kappa shape index (κ2) is 16.2. The number of carbonyl (C=O) groups is 2. The van der Waals surface area contributed by atoms with Crippen LogP contribution in [-0.4, -0.2) is 36.3 Å². The molecule has 55 heavy (non-hydrogen) atoms. The van der Waals surface area contributed by atoms with E-state index in [4.69, 9.17) is 4.42 Å². The number of amides is 2. The van der Waals surface area contributed by atoms with Gasteiger partial charge in [-0.1, -0.05) is 68.3 Å². The Hall–Kier alpha value is -6.64. The maximum absolute atomic E-state index is 12.9. The molecule has 0 fully saturated rings. The summed E-state index contributed by atoms with van der Waals surface area (Å²) in [6.45, 7) is 0. The van der Waals surface area contributed by atoms with Gasteiger partial charge in [0.2, 0.25) is 5.89 Å². The second-order valence-electron chi connectivity index (χ2n) is 11.9. The normalized spacial score (nSPS) is 10.7. The van der Waals surface area contributed by atoms with E-state index >= 15 is 0 Å². The number of nitrogens with one attached hydrogen (secondary N) is 2. The first-order valence-corrected chi connectivity index (χ1v) is 18.1. The van der Waals surface area contributed by atoms with Crippen LogP contribution in [0.5, 0.6) is 0 Å². The Balaban J connectivity index is 0.000000169. The van der Waals surface area contributed by atoms with Crippen molar-refractivity contribution in [3.05, 3.63) is 175 Å². The Morgan fingerprint density at radius 2 is 1.11 bits per heavy atom. The van der Waals surface area contributed by atoms with Crippen molar-refractivity contribution in [1.82, 2.24) is 24.5 Å². The highest BCUT2D eigenvalue weighted by Crippen LogP contribution is 2.25. The number of halogens is 2. The smallest absolute Gasteiger partial charge is 0.347 e. The van der Waals surface area contributed by atoms with Crippen LogP contribution in [0, 0.1) is 0 Å². The van der Waals surface area contributed by atoms with Gasteiger partial charge in [0.05, 0.1) is 32.9 Å². The van der Waals surface area contributed by atoms with Crippen molar-refractivity contribution in [2.75, 3.05) is 10.6 Å². The maximum atomic E-state index is 12.9. The van der Waals surface area contributed by atoms with E-state index in [1.165, 1.54) is 4.57 Å². The number of anilines is 2. The van der Waals surface area contributed by atoms with Gasteiger partial charge < -0.3 is 15.1 Å². The van der Waals surface area contributed by atoms with Gasteiger partial charge in [0.25, 0.3) is 17.4 Å². The van der Waals surface area contributed by atoms with Crippen LogP contribution in [0.15, 0.2) is 157 Å². The molecule has 0 aliphatic rings. The Morgan fingerprint density at radius 1 is 0.600 bits per heavy atom. The van der Waals surface area contributed by atoms with Crippen LogP contribution in [0.25, 0.3) is 44.6 Å². The molecule has 2 N–H and O–H groups in total. The molecular formula is C41H27Br2N7O5. The topological polar surface area (TPSA) is 162 Å². The molecule has 0 aliphatic heterocycles. The van der Waals surface area contributed by atoms with E-state index in [2.05, 4.69) is 62.4 Å². The molecule has 270 valence electrons. The van der Waals surface area contributed by atoms with Gasteiger partial charge in [0.1, 0.15) is 17.5 Å². The number of hydrogen-bond acceptors (Lipinski definition) is 9. The molecule has 12 nitrogen and oxygen atoms in total. The van der Waals surface area contributed by atoms with Gasteiger partial charge in [0.15, 0.2) is 0 Å². The summed E-state index contributed by atoms with van der Waals surface area (Å²) in [5, 5.41) is 6.08. The van der Waals surface area contributed by atoms with E-state index in [0.717, 1.165) is 14.5 Å². The second-order valence-corrected chi connectivity index (χ2v) is 13.7. The summed E-state index contributed by atoms with van der Waals surface area (Å²) in [7, 11) is 1.67. The third-order valence-corrected chi connectivity index (χ3v) is 9.32. The first kappa shape index (κ1) is 36.7. The Bertz CT molecular complexity index is 2810. The number of para-hydroxylation sites is 2. The van der Waals surface area contributed by atoms with Crippen LogP contribution in [0.4, 0.5) is 11.6 Å². The van der Waals surface area contributed by atoms with E-state index in [1.54, 1.807) is 104 Å². The van der Waals surface area contributed by atoms with Crippen LogP contribution in [0.1, 0.15) is 20.7 Å². The zero-order chi connectivity index (χ0) is 38.5. The molecule has 0 spiro atoms. The van der Waals surface area contributed by atoms with E-state index in [1.807, 2.05) is 36.4 Å². The highest BCUT2D eigenvalue weighted by atomic mass is 79.9. The zero-order valence-corrected chi connectivity index (χ0v) is 31.9. The van der Waals surface area contributed by atoms with Crippen LogP contribution in [0.3, 0.4) is 0 Å². The molecule has 0 atom stereocenters. The van der Waals surface area contributed by atoms with Crippen molar-refractivity contribution in [2.45, 2.75) is 0 Å². The number of pyridine rings is 2. The maximum Gasteiger partial charge on any atom is 0.347 e. The Morgan fingerprint density at radius 3 is 1.64 bits per heavy atom. The molecule has 2 amide bonds. The predicted octanol–water partition coefficient (Wildman–Crippen LogP) is 8.28. The van der Waals surface area contributed by atoms with Crippen molar-refractivity contribution in [3.63, 3.8) is 0 Å². The van der Waals surface area contributed by atoms with Crippen molar-refractivity contribution in [3.8, 4) is 22.8 Å². The largest absolute Gasteiger partial charge is 0.403 e. The molecule has 0 aliphatic carbocycles. The number of aromatic nitrogens is 5. The average molecular weight is 858 g/mol. The van der Waals surface area contributed by atoms with E-state index in [9.17, 15) is 19.2 Å². The SMILES string of the molecule is Cn1c(-c2ccc(Br)cc2)nc2c(C(=O)Nc3ccccn3)cccc2c1=O.O=C(Nc1ccccn1)c1cccc2c(=O)oc(-c3ccc(Br)cc3)nc12. The highest BCUT2D eigenvalue weighted by Gasteiger charge is 2.18.